The van der Waals surface area contributed by atoms with Crippen molar-refractivity contribution in [3.8, 4) is 5.75 Å². The summed E-state index contributed by atoms with van der Waals surface area (Å²) < 4.78 is 5.49. The van der Waals surface area contributed by atoms with E-state index in [9.17, 15) is 9.59 Å². The predicted octanol–water partition coefficient (Wildman–Crippen LogP) is 3.81. The van der Waals surface area contributed by atoms with E-state index in [1.165, 1.54) is 32.4 Å². The lowest BCUT2D eigenvalue weighted by Crippen LogP contribution is -2.52. The van der Waals surface area contributed by atoms with Crippen molar-refractivity contribution in [3.63, 3.8) is 0 Å². The predicted molar refractivity (Wildman–Crippen MR) is 158 cm³/mol. The highest BCUT2D eigenvalue weighted by atomic mass is 16.5. The molecule has 2 saturated heterocycles. The van der Waals surface area contributed by atoms with E-state index < -0.39 is 6.04 Å². The number of aromatic nitrogens is 1. The standard InChI is InChI=1S/C32H43N5O3/c1-35(22-24-10-4-7-13-30(24)40-2)32(39)29(20-25-21-33-28-12-6-5-11-27(25)28)34-31(38)23-36-18-14-26(15-19-36)37-16-8-3-9-17-37/h4-7,10-13,21,26,29,33H,3,8-9,14-20,22-23H2,1-2H3,(H,34,38). The number of nitrogens with zero attached hydrogens (tertiary/aromatic N) is 3. The number of likely N-dealkylation sites (tertiary alicyclic amines) is 2. The molecule has 3 aromatic rings. The lowest BCUT2D eigenvalue weighted by atomic mass is 10.00. The Morgan fingerprint density at radius 1 is 1.00 bits per heavy atom. The first-order chi connectivity index (χ1) is 19.5. The zero-order chi connectivity index (χ0) is 27.9. The largest absolute Gasteiger partial charge is 0.496 e. The molecule has 2 aliphatic rings. The summed E-state index contributed by atoms with van der Waals surface area (Å²) in [7, 11) is 3.42. The van der Waals surface area contributed by atoms with Gasteiger partial charge in [0.05, 0.1) is 13.7 Å². The number of methoxy groups -OCH3 is 1. The molecule has 3 heterocycles. The number of hydrogen-bond donors (Lipinski definition) is 2. The molecule has 2 N–H and O–H groups in total. The van der Waals surface area contributed by atoms with Crippen LogP contribution in [0.15, 0.2) is 54.7 Å². The van der Waals surface area contributed by atoms with Gasteiger partial charge in [-0.2, -0.15) is 0 Å². The molecule has 0 radical (unpaired) electrons. The minimum atomic E-state index is -0.669. The second kappa shape index (κ2) is 13.3. The third kappa shape index (κ3) is 6.85. The van der Waals surface area contributed by atoms with Gasteiger partial charge < -0.3 is 24.8 Å². The Labute approximate surface area is 237 Å². The van der Waals surface area contributed by atoms with Gasteiger partial charge in [0, 0.05) is 61.8 Å². The van der Waals surface area contributed by atoms with Gasteiger partial charge in [0.2, 0.25) is 11.8 Å². The maximum atomic E-state index is 13.8. The Morgan fingerprint density at radius 2 is 1.73 bits per heavy atom. The summed E-state index contributed by atoms with van der Waals surface area (Å²) in [5, 5.41) is 4.18. The van der Waals surface area contributed by atoms with Gasteiger partial charge in [-0.3, -0.25) is 14.5 Å². The number of likely N-dealkylation sites (N-methyl/N-ethyl adjacent to an activating group) is 1. The Kier molecular flexibility index (Phi) is 9.39. The monoisotopic (exact) mass is 545 g/mol. The van der Waals surface area contributed by atoms with Crippen molar-refractivity contribution >= 4 is 22.7 Å². The zero-order valence-corrected chi connectivity index (χ0v) is 23.9. The van der Waals surface area contributed by atoms with E-state index in [1.54, 1.807) is 19.1 Å². The zero-order valence-electron chi connectivity index (χ0n) is 23.9. The van der Waals surface area contributed by atoms with Gasteiger partial charge in [0.15, 0.2) is 0 Å². The number of ether oxygens (including phenoxy) is 1. The fourth-order valence-electron chi connectivity index (χ4n) is 6.32. The summed E-state index contributed by atoms with van der Waals surface area (Å²) in [5.74, 6) is 0.529. The van der Waals surface area contributed by atoms with E-state index in [2.05, 4.69) is 26.2 Å². The molecule has 2 aliphatic heterocycles. The van der Waals surface area contributed by atoms with Crippen LogP contribution in [0.3, 0.4) is 0 Å². The number of aromatic amines is 1. The van der Waals surface area contributed by atoms with Gasteiger partial charge in [-0.25, -0.2) is 0 Å². The first kappa shape index (κ1) is 28.2. The summed E-state index contributed by atoms with van der Waals surface area (Å²) in [6, 6.07) is 15.7. The van der Waals surface area contributed by atoms with Gasteiger partial charge in [0.1, 0.15) is 11.8 Å². The van der Waals surface area contributed by atoms with Crippen LogP contribution in [0.5, 0.6) is 5.75 Å². The van der Waals surface area contributed by atoms with Crippen molar-refractivity contribution in [3.05, 3.63) is 65.9 Å². The molecule has 0 spiro atoms. The molecule has 40 heavy (non-hydrogen) atoms. The summed E-state index contributed by atoms with van der Waals surface area (Å²) >= 11 is 0. The fraction of sp³-hybridized carbons (Fsp3) is 0.500. The van der Waals surface area contributed by atoms with Crippen molar-refractivity contribution in [2.45, 2.75) is 57.2 Å². The summed E-state index contributed by atoms with van der Waals surface area (Å²) in [5.41, 5.74) is 2.96. The first-order valence-electron chi connectivity index (χ1n) is 14.7. The van der Waals surface area contributed by atoms with Gasteiger partial charge >= 0.3 is 0 Å². The average molecular weight is 546 g/mol. The van der Waals surface area contributed by atoms with Crippen LogP contribution in [0.1, 0.15) is 43.2 Å². The van der Waals surface area contributed by atoms with Crippen LogP contribution in [-0.2, 0) is 22.6 Å². The van der Waals surface area contributed by atoms with E-state index in [4.69, 9.17) is 4.74 Å². The molecule has 2 aromatic carbocycles. The van der Waals surface area contributed by atoms with E-state index >= 15 is 0 Å². The molecule has 2 amide bonds. The highest BCUT2D eigenvalue weighted by Crippen LogP contribution is 2.23. The van der Waals surface area contributed by atoms with Gasteiger partial charge in [-0.15, -0.1) is 0 Å². The highest BCUT2D eigenvalue weighted by Gasteiger charge is 2.29. The number of carbonyl (C=O) groups is 2. The maximum Gasteiger partial charge on any atom is 0.245 e. The minimum absolute atomic E-state index is 0.0969. The molecule has 2 fully saturated rings. The molecule has 0 saturated carbocycles. The van der Waals surface area contributed by atoms with Crippen LogP contribution in [0.4, 0.5) is 0 Å². The second-order valence-corrected chi connectivity index (χ2v) is 11.3. The lowest BCUT2D eigenvalue weighted by Gasteiger charge is -2.40. The van der Waals surface area contributed by atoms with E-state index in [1.807, 2.05) is 48.7 Å². The number of carbonyl (C=O) groups excluding carboxylic acids is 2. The van der Waals surface area contributed by atoms with E-state index in [0.717, 1.165) is 53.7 Å². The maximum absolute atomic E-state index is 13.8. The number of para-hydroxylation sites is 2. The number of rotatable bonds is 10. The summed E-state index contributed by atoms with van der Waals surface area (Å²) in [6.45, 7) is 4.98. The minimum Gasteiger partial charge on any atom is -0.496 e. The van der Waals surface area contributed by atoms with Crippen molar-refractivity contribution in [2.75, 3.05) is 46.9 Å². The van der Waals surface area contributed by atoms with Crippen LogP contribution in [0.25, 0.3) is 10.9 Å². The topological polar surface area (TPSA) is 80.9 Å². The number of nitrogens with one attached hydrogen (secondary N) is 2. The quantitative estimate of drug-likeness (QED) is 0.405. The number of benzene rings is 2. The Bertz CT molecular complexity index is 1280. The van der Waals surface area contributed by atoms with Crippen molar-refractivity contribution in [1.82, 2.24) is 25.0 Å². The number of fused-ring (bicyclic) bond motifs is 1. The molecule has 1 unspecified atom stereocenters. The third-order valence-corrected chi connectivity index (χ3v) is 8.54. The SMILES string of the molecule is COc1ccccc1CN(C)C(=O)C(Cc1c[nH]c2ccccc12)NC(=O)CN1CCC(N2CCCCC2)CC1. The molecule has 0 aliphatic carbocycles. The average Bonchev–Trinajstić information content (AvgIpc) is 3.40. The molecule has 5 rings (SSSR count). The third-order valence-electron chi connectivity index (χ3n) is 8.54. The van der Waals surface area contributed by atoms with Gasteiger partial charge in [0.25, 0.3) is 0 Å². The molecular formula is C32H43N5O3. The number of hydrogen-bond acceptors (Lipinski definition) is 5. The molecule has 1 aromatic heterocycles. The molecule has 8 heteroatoms. The van der Waals surface area contributed by atoms with Crippen molar-refractivity contribution in [2.24, 2.45) is 0 Å². The van der Waals surface area contributed by atoms with Crippen LogP contribution < -0.4 is 10.1 Å². The summed E-state index contributed by atoms with van der Waals surface area (Å²) in [6.07, 6.45) is 8.53. The molecule has 214 valence electrons. The number of amides is 2. The summed E-state index contributed by atoms with van der Waals surface area (Å²) in [4.78, 5) is 37.0. The number of piperidine rings is 2. The Morgan fingerprint density at radius 3 is 2.50 bits per heavy atom. The molecule has 1 atom stereocenters. The first-order valence-corrected chi connectivity index (χ1v) is 14.7. The molecule has 0 bridgehead atoms. The van der Waals surface area contributed by atoms with E-state index in [-0.39, 0.29) is 11.8 Å². The normalized spacial score (nSPS) is 17.9. The van der Waals surface area contributed by atoms with Crippen molar-refractivity contribution < 1.29 is 14.3 Å². The lowest BCUT2D eigenvalue weighted by molar-refractivity contribution is -0.136. The highest BCUT2D eigenvalue weighted by molar-refractivity contribution is 5.90. The smallest absolute Gasteiger partial charge is 0.245 e. The van der Waals surface area contributed by atoms with Gasteiger partial charge in [-0.05, 0) is 56.5 Å². The van der Waals surface area contributed by atoms with Crippen LogP contribution >= 0.6 is 0 Å². The van der Waals surface area contributed by atoms with Crippen LogP contribution in [0.2, 0.25) is 0 Å². The number of H-pyrrole nitrogens is 1. The van der Waals surface area contributed by atoms with Gasteiger partial charge in [-0.1, -0.05) is 42.8 Å². The fourth-order valence-corrected chi connectivity index (χ4v) is 6.32. The van der Waals surface area contributed by atoms with Crippen LogP contribution in [0, 0.1) is 0 Å². The second-order valence-electron chi connectivity index (χ2n) is 11.3. The molecule has 8 nitrogen and oxygen atoms in total. The van der Waals surface area contributed by atoms with Crippen molar-refractivity contribution in [1.29, 1.82) is 0 Å². The van der Waals surface area contributed by atoms with E-state index in [0.29, 0.717) is 25.6 Å². The van der Waals surface area contributed by atoms with Crippen LogP contribution in [-0.4, -0.2) is 90.5 Å². The molecular weight excluding hydrogens is 502 g/mol. The Hall–Kier alpha value is -3.36. The Balaban J connectivity index is 1.24.